The number of fused-ring (bicyclic) bond motifs is 3. The van der Waals surface area contributed by atoms with Crippen molar-refractivity contribution in [1.29, 1.82) is 0 Å². The van der Waals surface area contributed by atoms with E-state index in [0.29, 0.717) is 0 Å². The van der Waals surface area contributed by atoms with Crippen LogP contribution in [0.4, 0.5) is 11.4 Å². The van der Waals surface area contributed by atoms with Gasteiger partial charge in [-0.25, -0.2) is 0 Å². The van der Waals surface area contributed by atoms with Crippen molar-refractivity contribution in [1.82, 2.24) is 0 Å². The molecule has 1 saturated heterocycles. The van der Waals surface area contributed by atoms with Crippen LogP contribution in [0.25, 0.3) is 6.08 Å². The number of hydrogen-bond donors (Lipinski definition) is 0. The van der Waals surface area contributed by atoms with Crippen LogP contribution in [0.5, 0.6) is 0 Å². The van der Waals surface area contributed by atoms with Crippen molar-refractivity contribution in [3.8, 4) is 0 Å². The number of benzene rings is 2. The summed E-state index contributed by atoms with van der Waals surface area (Å²) in [5.74, 6) is 0. The van der Waals surface area contributed by atoms with Crippen molar-refractivity contribution in [2.45, 2.75) is 25.0 Å². The third-order valence-electron chi connectivity index (χ3n) is 5.99. The fraction of sp³-hybridized carbons (Fsp3) is 0.333. The van der Waals surface area contributed by atoms with Crippen LogP contribution >= 0.6 is 11.6 Å². The standard InChI is InChI=1S/C24H27ClN2O/c1-23(2)21-17-19(25)10-13-22(21)27-15-16-28-24(23,27)14-6-5-7-18-8-11-20(12-9-18)26(3)4/h5-14,17H,15-16H2,1-4H3. The largest absolute Gasteiger partial charge is 0.378 e. The van der Waals surface area contributed by atoms with Crippen LogP contribution in [-0.2, 0) is 10.2 Å². The van der Waals surface area contributed by atoms with Crippen molar-refractivity contribution in [3.63, 3.8) is 0 Å². The first-order chi connectivity index (χ1) is 13.3. The van der Waals surface area contributed by atoms with E-state index in [9.17, 15) is 0 Å². The molecule has 0 radical (unpaired) electrons. The first-order valence-corrected chi connectivity index (χ1v) is 10.1. The third kappa shape index (κ3) is 2.94. The van der Waals surface area contributed by atoms with E-state index in [2.05, 4.69) is 98.4 Å². The van der Waals surface area contributed by atoms with Gasteiger partial charge in [0.1, 0.15) is 0 Å². The minimum absolute atomic E-state index is 0.193. The van der Waals surface area contributed by atoms with E-state index in [0.717, 1.165) is 18.2 Å². The molecule has 1 unspecified atom stereocenters. The summed E-state index contributed by atoms with van der Waals surface area (Å²) in [6.45, 7) is 6.09. The maximum absolute atomic E-state index is 6.35. The maximum Gasteiger partial charge on any atom is 0.170 e. The number of hydrogen-bond acceptors (Lipinski definition) is 3. The highest BCUT2D eigenvalue weighted by molar-refractivity contribution is 6.30. The van der Waals surface area contributed by atoms with Crippen LogP contribution < -0.4 is 9.80 Å². The summed E-state index contributed by atoms with van der Waals surface area (Å²) in [6, 6.07) is 14.7. The smallest absolute Gasteiger partial charge is 0.170 e. The van der Waals surface area contributed by atoms with Crippen molar-refractivity contribution in [2.24, 2.45) is 0 Å². The molecule has 3 nitrogen and oxygen atoms in total. The Morgan fingerprint density at radius 3 is 2.54 bits per heavy atom. The van der Waals surface area contributed by atoms with Crippen LogP contribution in [0, 0.1) is 0 Å². The molecule has 0 aromatic heterocycles. The lowest BCUT2D eigenvalue weighted by Gasteiger charge is -2.39. The van der Waals surface area contributed by atoms with Gasteiger partial charge in [-0.2, -0.15) is 0 Å². The van der Waals surface area contributed by atoms with Gasteiger partial charge in [0, 0.05) is 42.5 Å². The lowest BCUT2D eigenvalue weighted by atomic mass is 9.77. The fourth-order valence-corrected chi connectivity index (χ4v) is 4.55. The first-order valence-electron chi connectivity index (χ1n) is 9.70. The maximum atomic E-state index is 6.35. The molecule has 1 atom stereocenters. The lowest BCUT2D eigenvalue weighted by Crippen LogP contribution is -2.51. The highest BCUT2D eigenvalue weighted by Gasteiger charge is 2.59. The molecule has 2 aliphatic rings. The molecule has 28 heavy (non-hydrogen) atoms. The van der Waals surface area contributed by atoms with Gasteiger partial charge in [0.05, 0.1) is 6.61 Å². The highest BCUT2D eigenvalue weighted by atomic mass is 35.5. The third-order valence-corrected chi connectivity index (χ3v) is 6.22. The molecule has 2 heterocycles. The molecule has 0 bridgehead atoms. The SMILES string of the molecule is CN(C)c1ccc(C=CC=CC23OCCN2c2ccc(Cl)cc2C3(C)C)cc1. The van der Waals surface area contributed by atoms with E-state index >= 15 is 0 Å². The van der Waals surface area contributed by atoms with Gasteiger partial charge >= 0.3 is 0 Å². The fourth-order valence-electron chi connectivity index (χ4n) is 4.37. The average Bonchev–Trinajstić information content (AvgIpc) is 3.17. The van der Waals surface area contributed by atoms with Crippen LogP contribution in [0.1, 0.15) is 25.0 Å². The Hall–Kier alpha value is -2.23. The lowest BCUT2D eigenvalue weighted by molar-refractivity contribution is -0.000289. The minimum Gasteiger partial charge on any atom is -0.378 e. The summed E-state index contributed by atoms with van der Waals surface area (Å²) >= 11 is 6.29. The molecular formula is C24H27ClN2O. The van der Waals surface area contributed by atoms with Gasteiger partial charge in [-0.1, -0.05) is 55.8 Å². The Morgan fingerprint density at radius 1 is 1.07 bits per heavy atom. The molecule has 0 spiro atoms. The van der Waals surface area contributed by atoms with Gasteiger partial charge in [-0.05, 0) is 47.5 Å². The molecular weight excluding hydrogens is 368 g/mol. The molecule has 0 saturated carbocycles. The molecule has 2 aromatic carbocycles. The predicted molar refractivity (Wildman–Crippen MR) is 119 cm³/mol. The van der Waals surface area contributed by atoms with E-state index in [4.69, 9.17) is 16.3 Å². The average molecular weight is 395 g/mol. The minimum atomic E-state index is -0.473. The number of ether oxygens (including phenoxy) is 1. The Kier molecular flexibility index (Phi) is 4.76. The monoisotopic (exact) mass is 394 g/mol. The van der Waals surface area contributed by atoms with Gasteiger partial charge in [0.25, 0.3) is 0 Å². The number of nitrogens with zero attached hydrogens (tertiary/aromatic N) is 2. The van der Waals surface area contributed by atoms with Gasteiger partial charge in [-0.3, -0.25) is 0 Å². The molecule has 2 aromatic rings. The van der Waals surface area contributed by atoms with Crippen molar-refractivity contribution in [3.05, 3.63) is 76.8 Å². The molecule has 0 amide bonds. The summed E-state index contributed by atoms with van der Waals surface area (Å²) in [5.41, 5.74) is 4.18. The van der Waals surface area contributed by atoms with Crippen molar-refractivity contribution in [2.75, 3.05) is 37.0 Å². The number of anilines is 2. The zero-order chi connectivity index (χ0) is 19.9. The second-order valence-corrected chi connectivity index (χ2v) is 8.62. The highest BCUT2D eigenvalue weighted by Crippen LogP contribution is 2.55. The predicted octanol–water partition coefficient (Wildman–Crippen LogP) is 5.50. The Morgan fingerprint density at radius 2 is 1.82 bits per heavy atom. The molecule has 0 N–H and O–H groups in total. The quantitative estimate of drug-likeness (QED) is 0.637. The normalized spacial score (nSPS) is 22.8. The van der Waals surface area contributed by atoms with Gasteiger partial charge < -0.3 is 14.5 Å². The van der Waals surface area contributed by atoms with Gasteiger partial charge in [0.15, 0.2) is 5.72 Å². The van der Waals surface area contributed by atoms with Gasteiger partial charge in [0.2, 0.25) is 0 Å². The molecule has 4 rings (SSSR count). The van der Waals surface area contributed by atoms with Crippen LogP contribution in [0.15, 0.2) is 60.7 Å². The molecule has 4 heteroatoms. The first kappa shape index (κ1) is 19.1. The van der Waals surface area contributed by atoms with Gasteiger partial charge in [-0.15, -0.1) is 0 Å². The number of allylic oxidation sites excluding steroid dienone is 2. The molecule has 1 fully saturated rings. The second-order valence-electron chi connectivity index (χ2n) is 8.19. The summed E-state index contributed by atoms with van der Waals surface area (Å²) in [7, 11) is 4.10. The Bertz CT molecular complexity index is 930. The van der Waals surface area contributed by atoms with Crippen molar-refractivity contribution < 1.29 is 4.74 Å². The van der Waals surface area contributed by atoms with E-state index in [1.807, 2.05) is 6.07 Å². The topological polar surface area (TPSA) is 15.7 Å². The van der Waals surface area contributed by atoms with E-state index < -0.39 is 5.72 Å². The number of rotatable bonds is 4. The molecule has 146 valence electrons. The number of halogens is 1. The second kappa shape index (κ2) is 6.98. The Balaban J connectivity index is 1.60. The zero-order valence-electron chi connectivity index (χ0n) is 16.9. The summed E-state index contributed by atoms with van der Waals surface area (Å²) in [5, 5.41) is 0.771. The van der Waals surface area contributed by atoms with Crippen LogP contribution in [-0.4, -0.2) is 33.0 Å². The molecule has 2 aliphatic heterocycles. The van der Waals surface area contributed by atoms with Crippen LogP contribution in [0.2, 0.25) is 5.02 Å². The van der Waals surface area contributed by atoms with Crippen LogP contribution in [0.3, 0.4) is 0 Å². The van der Waals surface area contributed by atoms with Crippen molar-refractivity contribution >= 4 is 29.1 Å². The molecule has 0 aliphatic carbocycles. The summed E-state index contributed by atoms with van der Waals surface area (Å²) in [4.78, 5) is 4.47. The van der Waals surface area contributed by atoms with E-state index in [1.165, 1.54) is 22.5 Å². The zero-order valence-corrected chi connectivity index (χ0v) is 17.7. The van der Waals surface area contributed by atoms with E-state index in [1.54, 1.807) is 0 Å². The van der Waals surface area contributed by atoms with E-state index in [-0.39, 0.29) is 5.41 Å². The summed E-state index contributed by atoms with van der Waals surface area (Å²) < 4.78 is 6.35. The Labute approximate surface area is 172 Å². The summed E-state index contributed by atoms with van der Waals surface area (Å²) in [6.07, 6.45) is 8.51.